The molecule has 0 aliphatic heterocycles. The molecule has 0 amide bonds. The number of carbonyl (C=O) groups is 1. The zero-order valence-electron chi connectivity index (χ0n) is 11.3. The summed E-state index contributed by atoms with van der Waals surface area (Å²) in [6, 6.07) is 5.43. The molecule has 1 heterocycles. The Bertz CT molecular complexity index is 634. The standard InChI is InChI=1S/C15H17NO4/c1-19-9-6-7-13-12(8-9)16-14(20-13)10-4-2-3-5-11(10)15(17)18/h6-8,10-11H,2-5H2,1H3,(H,17,18). The van der Waals surface area contributed by atoms with Crippen molar-refractivity contribution in [3.05, 3.63) is 24.1 Å². The normalized spacial score (nSPS) is 22.9. The average Bonchev–Trinajstić information content (AvgIpc) is 2.89. The third-order valence-electron chi connectivity index (χ3n) is 4.01. The van der Waals surface area contributed by atoms with Gasteiger partial charge in [-0.1, -0.05) is 12.8 Å². The van der Waals surface area contributed by atoms with Crippen molar-refractivity contribution in [2.75, 3.05) is 7.11 Å². The first-order chi connectivity index (χ1) is 9.69. The molecule has 1 aromatic carbocycles. The Morgan fingerprint density at radius 1 is 1.40 bits per heavy atom. The molecule has 0 bridgehead atoms. The molecule has 1 N–H and O–H groups in total. The smallest absolute Gasteiger partial charge is 0.307 e. The first-order valence-corrected chi connectivity index (χ1v) is 6.86. The number of fused-ring (bicyclic) bond motifs is 1. The van der Waals surface area contributed by atoms with Gasteiger partial charge < -0.3 is 14.3 Å². The molecule has 1 fully saturated rings. The molecule has 1 saturated carbocycles. The Kier molecular flexibility index (Phi) is 3.34. The van der Waals surface area contributed by atoms with Crippen molar-refractivity contribution in [1.29, 1.82) is 0 Å². The molecule has 0 radical (unpaired) electrons. The number of rotatable bonds is 3. The lowest BCUT2D eigenvalue weighted by Crippen LogP contribution is -2.25. The van der Waals surface area contributed by atoms with Gasteiger partial charge in [0.2, 0.25) is 0 Å². The highest BCUT2D eigenvalue weighted by molar-refractivity contribution is 5.75. The molecule has 1 aromatic heterocycles. The van der Waals surface area contributed by atoms with Crippen molar-refractivity contribution in [3.8, 4) is 5.75 Å². The number of hydrogen-bond donors (Lipinski definition) is 1. The van der Waals surface area contributed by atoms with Crippen molar-refractivity contribution < 1.29 is 19.1 Å². The molecule has 1 aliphatic carbocycles. The Morgan fingerprint density at radius 2 is 2.20 bits per heavy atom. The van der Waals surface area contributed by atoms with E-state index < -0.39 is 11.9 Å². The fraction of sp³-hybridized carbons (Fsp3) is 0.467. The van der Waals surface area contributed by atoms with Crippen LogP contribution in [0, 0.1) is 5.92 Å². The van der Waals surface area contributed by atoms with Crippen molar-refractivity contribution >= 4 is 17.1 Å². The Balaban J connectivity index is 1.97. The second kappa shape index (κ2) is 5.15. The molecule has 106 valence electrons. The number of aromatic nitrogens is 1. The van der Waals surface area contributed by atoms with Crippen LogP contribution in [0.3, 0.4) is 0 Å². The summed E-state index contributed by atoms with van der Waals surface area (Å²) in [5.74, 6) is -0.0102. The predicted octanol–water partition coefficient (Wildman–Crippen LogP) is 3.19. The third-order valence-corrected chi connectivity index (χ3v) is 4.01. The van der Waals surface area contributed by atoms with Crippen LogP contribution >= 0.6 is 0 Å². The lowest BCUT2D eigenvalue weighted by molar-refractivity contribution is -0.143. The van der Waals surface area contributed by atoms with E-state index in [0.29, 0.717) is 23.4 Å². The molecule has 5 heteroatoms. The molecular weight excluding hydrogens is 258 g/mol. The van der Waals surface area contributed by atoms with E-state index in [9.17, 15) is 9.90 Å². The maximum absolute atomic E-state index is 11.4. The molecule has 20 heavy (non-hydrogen) atoms. The number of aliphatic carboxylic acids is 1. The summed E-state index contributed by atoms with van der Waals surface area (Å²) in [7, 11) is 1.60. The summed E-state index contributed by atoms with van der Waals surface area (Å²) in [5.41, 5.74) is 1.39. The average molecular weight is 275 g/mol. The highest BCUT2D eigenvalue weighted by atomic mass is 16.5. The van der Waals surface area contributed by atoms with E-state index in [2.05, 4.69) is 4.98 Å². The minimum absolute atomic E-state index is 0.125. The highest BCUT2D eigenvalue weighted by Crippen LogP contribution is 2.38. The van der Waals surface area contributed by atoms with Gasteiger partial charge in [-0.3, -0.25) is 4.79 Å². The lowest BCUT2D eigenvalue weighted by atomic mass is 9.79. The summed E-state index contributed by atoms with van der Waals surface area (Å²) in [5, 5.41) is 9.34. The van der Waals surface area contributed by atoms with Gasteiger partial charge in [-0.25, -0.2) is 4.98 Å². The monoisotopic (exact) mass is 275 g/mol. The second-order valence-electron chi connectivity index (χ2n) is 5.22. The number of methoxy groups -OCH3 is 1. The van der Waals surface area contributed by atoms with Gasteiger partial charge in [-0.15, -0.1) is 0 Å². The van der Waals surface area contributed by atoms with Crippen molar-refractivity contribution in [1.82, 2.24) is 4.98 Å². The van der Waals surface area contributed by atoms with E-state index in [1.54, 1.807) is 13.2 Å². The molecule has 1 aliphatic rings. The van der Waals surface area contributed by atoms with Crippen LogP contribution in [0.25, 0.3) is 11.1 Å². The van der Waals surface area contributed by atoms with Crippen molar-refractivity contribution in [3.63, 3.8) is 0 Å². The minimum atomic E-state index is -0.755. The second-order valence-corrected chi connectivity index (χ2v) is 5.22. The van der Waals surface area contributed by atoms with Crippen LogP contribution in [0.4, 0.5) is 0 Å². The molecule has 0 spiro atoms. The maximum Gasteiger partial charge on any atom is 0.307 e. The van der Waals surface area contributed by atoms with Crippen LogP contribution in [0.1, 0.15) is 37.5 Å². The first-order valence-electron chi connectivity index (χ1n) is 6.86. The lowest BCUT2D eigenvalue weighted by Gasteiger charge is -2.25. The van der Waals surface area contributed by atoms with Gasteiger partial charge in [0, 0.05) is 12.0 Å². The van der Waals surface area contributed by atoms with Crippen LogP contribution in [0.15, 0.2) is 22.6 Å². The Labute approximate surface area is 116 Å². The molecule has 2 atom stereocenters. The number of ether oxygens (including phenoxy) is 1. The Hall–Kier alpha value is -2.04. The first kappa shape index (κ1) is 13.0. The van der Waals surface area contributed by atoms with Gasteiger partial charge in [0.05, 0.1) is 13.0 Å². The molecule has 3 rings (SSSR count). The van der Waals surface area contributed by atoms with Gasteiger partial charge in [-0.2, -0.15) is 0 Å². The number of carboxylic acids is 1. The molecule has 2 aromatic rings. The Morgan fingerprint density at radius 3 is 2.95 bits per heavy atom. The van der Waals surface area contributed by atoms with Crippen molar-refractivity contribution in [2.45, 2.75) is 31.6 Å². The number of hydrogen-bond acceptors (Lipinski definition) is 4. The van der Waals surface area contributed by atoms with Crippen LogP contribution in [0.5, 0.6) is 5.75 Å². The van der Waals surface area contributed by atoms with E-state index in [-0.39, 0.29) is 5.92 Å². The number of oxazole rings is 1. The molecule has 0 saturated heterocycles. The topological polar surface area (TPSA) is 72.6 Å². The zero-order chi connectivity index (χ0) is 14.1. The summed E-state index contributed by atoms with van der Waals surface area (Å²) in [6.45, 7) is 0. The van der Waals surface area contributed by atoms with Gasteiger partial charge in [0.25, 0.3) is 0 Å². The van der Waals surface area contributed by atoms with Gasteiger partial charge >= 0.3 is 5.97 Å². The third kappa shape index (κ3) is 2.24. The van der Waals surface area contributed by atoms with E-state index in [1.165, 1.54) is 0 Å². The quantitative estimate of drug-likeness (QED) is 0.931. The molecule has 5 nitrogen and oxygen atoms in total. The highest BCUT2D eigenvalue weighted by Gasteiger charge is 2.35. The SMILES string of the molecule is COc1ccc2oc(C3CCCCC3C(=O)O)nc2c1. The number of carboxylic acid groups (broad SMARTS) is 1. The zero-order valence-corrected chi connectivity index (χ0v) is 11.3. The molecular formula is C15H17NO4. The van der Waals surface area contributed by atoms with E-state index in [4.69, 9.17) is 9.15 Å². The number of nitrogens with zero attached hydrogens (tertiary/aromatic N) is 1. The van der Waals surface area contributed by atoms with Gasteiger partial charge in [0.1, 0.15) is 11.3 Å². The van der Waals surface area contributed by atoms with E-state index in [0.717, 1.165) is 25.0 Å². The maximum atomic E-state index is 11.4. The van der Waals surface area contributed by atoms with Crippen LogP contribution in [-0.4, -0.2) is 23.2 Å². The summed E-state index contributed by atoms with van der Waals surface area (Å²) < 4.78 is 10.9. The summed E-state index contributed by atoms with van der Waals surface area (Å²) in [4.78, 5) is 15.8. The van der Waals surface area contributed by atoms with Crippen LogP contribution in [0.2, 0.25) is 0 Å². The van der Waals surface area contributed by atoms with Crippen LogP contribution in [-0.2, 0) is 4.79 Å². The summed E-state index contributed by atoms with van der Waals surface area (Å²) >= 11 is 0. The number of benzene rings is 1. The van der Waals surface area contributed by atoms with E-state index in [1.807, 2.05) is 12.1 Å². The fourth-order valence-electron chi connectivity index (χ4n) is 2.93. The fourth-order valence-corrected chi connectivity index (χ4v) is 2.93. The van der Waals surface area contributed by atoms with Crippen molar-refractivity contribution in [2.24, 2.45) is 5.92 Å². The van der Waals surface area contributed by atoms with Gasteiger partial charge in [0.15, 0.2) is 11.5 Å². The van der Waals surface area contributed by atoms with Crippen LogP contribution < -0.4 is 4.74 Å². The largest absolute Gasteiger partial charge is 0.497 e. The van der Waals surface area contributed by atoms with E-state index >= 15 is 0 Å². The summed E-state index contributed by atoms with van der Waals surface area (Å²) in [6.07, 6.45) is 3.50. The molecule has 2 unspecified atom stereocenters. The predicted molar refractivity (Wildman–Crippen MR) is 72.9 cm³/mol. The van der Waals surface area contributed by atoms with Gasteiger partial charge in [-0.05, 0) is 25.0 Å². The minimum Gasteiger partial charge on any atom is -0.497 e.